The summed E-state index contributed by atoms with van der Waals surface area (Å²) in [7, 11) is 0. The molecule has 0 atom stereocenters. The van der Waals surface area contributed by atoms with E-state index in [2.05, 4.69) is 9.97 Å². The Morgan fingerprint density at radius 3 is 2.55 bits per heavy atom. The number of H-pyrrole nitrogens is 1. The van der Waals surface area contributed by atoms with E-state index in [0.717, 1.165) is 0 Å². The van der Waals surface area contributed by atoms with Crippen molar-refractivity contribution >= 4 is 0 Å². The standard InChI is InChI=1S/C6H7F3N2/c1-4-5(11-3-10-4)2-6(7,8)9/h3H,2H2,1H3,(H,10,11). The van der Waals surface area contributed by atoms with Crippen LogP contribution in [0.25, 0.3) is 0 Å². The first-order valence-corrected chi connectivity index (χ1v) is 3.04. The van der Waals surface area contributed by atoms with Crippen molar-refractivity contribution in [3.05, 3.63) is 17.7 Å². The third-order valence-corrected chi connectivity index (χ3v) is 1.30. The quantitative estimate of drug-likeness (QED) is 0.673. The molecule has 0 saturated heterocycles. The van der Waals surface area contributed by atoms with Gasteiger partial charge in [0.25, 0.3) is 0 Å². The Kier molecular flexibility index (Phi) is 1.89. The van der Waals surface area contributed by atoms with Gasteiger partial charge in [-0.1, -0.05) is 0 Å². The molecule has 0 aliphatic carbocycles. The van der Waals surface area contributed by atoms with E-state index in [1.165, 1.54) is 6.33 Å². The fourth-order valence-corrected chi connectivity index (χ4v) is 0.755. The maximum absolute atomic E-state index is 11.7. The Balaban J connectivity index is 2.72. The molecule has 1 N–H and O–H groups in total. The van der Waals surface area contributed by atoms with Crippen LogP contribution in [0, 0.1) is 6.92 Å². The maximum Gasteiger partial charge on any atom is 0.394 e. The van der Waals surface area contributed by atoms with Crippen molar-refractivity contribution in [2.45, 2.75) is 19.5 Å². The number of nitrogens with one attached hydrogen (secondary N) is 1. The fraction of sp³-hybridized carbons (Fsp3) is 0.500. The van der Waals surface area contributed by atoms with Crippen LogP contribution in [0.3, 0.4) is 0 Å². The van der Waals surface area contributed by atoms with Gasteiger partial charge in [0.1, 0.15) is 0 Å². The van der Waals surface area contributed by atoms with Gasteiger partial charge in [-0.15, -0.1) is 0 Å². The van der Waals surface area contributed by atoms with Crippen molar-refractivity contribution in [1.29, 1.82) is 0 Å². The monoisotopic (exact) mass is 164 g/mol. The fourth-order valence-electron chi connectivity index (χ4n) is 0.755. The number of hydrogen-bond donors (Lipinski definition) is 1. The Bertz CT molecular complexity index is 238. The summed E-state index contributed by atoms with van der Waals surface area (Å²) in [6.45, 7) is 1.56. The number of aromatic amines is 1. The lowest BCUT2D eigenvalue weighted by Crippen LogP contribution is -2.12. The molecule has 0 fully saturated rings. The van der Waals surface area contributed by atoms with Gasteiger partial charge in [-0.25, -0.2) is 4.98 Å². The maximum atomic E-state index is 11.7. The molecule has 11 heavy (non-hydrogen) atoms. The first-order valence-electron chi connectivity index (χ1n) is 3.04. The van der Waals surface area contributed by atoms with E-state index >= 15 is 0 Å². The topological polar surface area (TPSA) is 28.7 Å². The first kappa shape index (κ1) is 8.10. The number of halogens is 3. The first-order chi connectivity index (χ1) is 4.99. The summed E-state index contributed by atoms with van der Waals surface area (Å²) >= 11 is 0. The molecule has 1 aromatic heterocycles. The third-order valence-electron chi connectivity index (χ3n) is 1.30. The predicted molar refractivity (Wildman–Crippen MR) is 33.1 cm³/mol. The van der Waals surface area contributed by atoms with Crippen LogP contribution in [0.5, 0.6) is 0 Å². The molecule has 62 valence electrons. The third kappa shape index (κ3) is 2.25. The highest BCUT2D eigenvalue weighted by molar-refractivity contribution is 5.09. The van der Waals surface area contributed by atoms with Crippen LogP contribution < -0.4 is 0 Å². The van der Waals surface area contributed by atoms with Crippen molar-refractivity contribution in [3.8, 4) is 0 Å². The van der Waals surface area contributed by atoms with Gasteiger partial charge in [0, 0.05) is 5.69 Å². The number of imidazole rings is 1. The van der Waals surface area contributed by atoms with Crippen molar-refractivity contribution in [3.63, 3.8) is 0 Å². The van der Waals surface area contributed by atoms with Crippen LogP contribution in [-0.4, -0.2) is 16.1 Å². The molecule has 0 spiro atoms. The average Bonchev–Trinajstić information content (AvgIpc) is 2.12. The number of hydrogen-bond acceptors (Lipinski definition) is 1. The highest BCUT2D eigenvalue weighted by atomic mass is 19.4. The van der Waals surface area contributed by atoms with Gasteiger partial charge in [-0.05, 0) is 6.92 Å². The highest BCUT2D eigenvalue weighted by Crippen LogP contribution is 2.20. The zero-order chi connectivity index (χ0) is 8.48. The molecule has 0 unspecified atom stereocenters. The summed E-state index contributed by atoms with van der Waals surface area (Å²) in [6, 6.07) is 0. The van der Waals surface area contributed by atoms with Crippen LogP contribution in [0.15, 0.2) is 6.33 Å². The summed E-state index contributed by atoms with van der Waals surface area (Å²) in [6.07, 6.45) is -3.86. The van der Waals surface area contributed by atoms with Gasteiger partial charge in [0.2, 0.25) is 0 Å². The molecule has 1 heterocycles. The Hall–Kier alpha value is -1.00. The van der Waals surface area contributed by atoms with E-state index in [0.29, 0.717) is 5.69 Å². The molecule has 0 bridgehead atoms. The molecule has 0 amide bonds. The van der Waals surface area contributed by atoms with Crippen molar-refractivity contribution in [1.82, 2.24) is 9.97 Å². The number of alkyl halides is 3. The lowest BCUT2D eigenvalue weighted by Gasteiger charge is -2.03. The lowest BCUT2D eigenvalue weighted by molar-refractivity contribution is -0.127. The zero-order valence-electron chi connectivity index (χ0n) is 5.87. The molecular formula is C6H7F3N2. The summed E-state index contributed by atoms with van der Waals surface area (Å²) in [5.41, 5.74) is 0.542. The SMILES string of the molecule is Cc1[nH]cnc1CC(F)(F)F. The summed E-state index contributed by atoms with van der Waals surface area (Å²) in [4.78, 5) is 6.11. The Morgan fingerprint density at radius 2 is 2.18 bits per heavy atom. The summed E-state index contributed by atoms with van der Waals surface area (Å²) < 4.78 is 35.2. The molecule has 5 heteroatoms. The zero-order valence-corrected chi connectivity index (χ0v) is 5.87. The van der Waals surface area contributed by atoms with Crippen LogP contribution in [0.4, 0.5) is 13.2 Å². The summed E-state index contributed by atoms with van der Waals surface area (Å²) in [5, 5.41) is 0. The largest absolute Gasteiger partial charge is 0.394 e. The predicted octanol–water partition coefficient (Wildman–Crippen LogP) is 1.82. The second kappa shape index (κ2) is 2.56. The van der Waals surface area contributed by atoms with Gasteiger partial charge >= 0.3 is 6.18 Å². The van der Waals surface area contributed by atoms with Crippen LogP contribution in [0.1, 0.15) is 11.4 Å². The second-order valence-electron chi connectivity index (χ2n) is 2.27. The van der Waals surface area contributed by atoms with Crippen molar-refractivity contribution in [2.75, 3.05) is 0 Å². The number of nitrogens with zero attached hydrogens (tertiary/aromatic N) is 1. The van der Waals surface area contributed by atoms with E-state index in [4.69, 9.17) is 0 Å². The van der Waals surface area contributed by atoms with Gasteiger partial charge in [-0.3, -0.25) is 0 Å². The average molecular weight is 164 g/mol. The number of rotatable bonds is 1. The van der Waals surface area contributed by atoms with Crippen LogP contribution in [0.2, 0.25) is 0 Å². The summed E-state index contributed by atoms with van der Waals surface area (Å²) in [5.74, 6) is 0. The van der Waals surface area contributed by atoms with Gasteiger partial charge in [0.05, 0.1) is 18.4 Å². The smallest absolute Gasteiger partial charge is 0.348 e. The Morgan fingerprint density at radius 1 is 1.55 bits per heavy atom. The van der Waals surface area contributed by atoms with E-state index < -0.39 is 12.6 Å². The van der Waals surface area contributed by atoms with E-state index in [1.807, 2.05) is 0 Å². The molecule has 0 radical (unpaired) electrons. The molecule has 0 aliphatic rings. The van der Waals surface area contributed by atoms with Crippen LogP contribution >= 0.6 is 0 Å². The Labute approximate surface area is 61.5 Å². The molecule has 1 rings (SSSR count). The molecule has 0 aliphatic heterocycles. The molecule has 2 nitrogen and oxygen atoms in total. The normalized spacial score (nSPS) is 12.0. The van der Waals surface area contributed by atoms with Crippen molar-refractivity contribution in [2.24, 2.45) is 0 Å². The van der Waals surface area contributed by atoms with Gasteiger partial charge in [-0.2, -0.15) is 13.2 Å². The van der Waals surface area contributed by atoms with E-state index in [9.17, 15) is 13.2 Å². The van der Waals surface area contributed by atoms with E-state index in [1.54, 1.807) is 6.92 Å². The van der Waals surface area contributed by atoms with Gasteiger partial charge in [0.15, 0.2) is 0 Å². The lowest BCUT2D eigenvalue weighted by atomic mass is 10.2. The highest BCUT2D eigenvalue weighted by Gasteiger charge is 2.29. The second-order valence-corrected chi connectivity index (χ2v) is 2.27. The molecule has 0 saturated carbocycles. The minimum absolute atomic E-state index is 0.0671. The van der Waals surface area contributed by atoms with Crippen LogP contribution in [-0.2, 0) is 6.42 Å². The number of aromatic nitrogens is 2. The minimum Gasteiger partial charge on any atom is -0.348 e. The van der Waals surface area contributed by atoms with E-state index in [-0.39, 0.29) is 5.69 Å². The van der Waals surface area contributed by atoms with Gasteiger partial charge < -0.3 is 4.98 Å². The molecular weight excluding hydrogens is 157 g/mol. The molecule has 1 aromatic rings. The molecule has 0 aromatic carbocycles. The minimum atomic E-state index is -4.17. The number of aryl methyl sites for hydroxylation is 1. The van der Waals surface area contributed by atoms with Crippen molar-refractivity contribution < 1.29 is 13.2 Å².